The highest BCUT2D eigenvalue weighted by Gasteiger charge is 2.61. The summed E-state index contributed by atoms with van der Waals surface area (Å²) in [5, 5.41) is 3.46. The summed E-state index contributed by atoms with van der Waals surface area (Å²) in [6, 6.07) is 5.89. The fraction of sp³-hybridized carbons (Fsp3) is 0.812. The van der Waals surface area contributed by atoms with Crippen molar-refractivity contribution in [3.63, 3.8) is 0 Å². The zero-order valence-electron chi connectivity index (χ0n) is 31.5. The second kappa shape index (κ2) is 12.2. The summed E-state index contributed by atoms with van der Waals surface area (Å²) in [6.07, 6.45) is 1.29. The van der Waals surface area contributed by atoms with E-state index in [-0.39, 0.29) is 0 Å². The number of benzene rings is 1. The van der Waals surface area contributed by atoms with E-state index in [1.807, 2.05) is 22.0 Å². The average Bonchev–Trinajstić information content (AvgIpc) is 2.55. The molecule has 0 aliphatic heterocycles. The molecule has 0 saturated carbocycles. The molecule has 0 fully saturated rings. The van der Waals surface area contributed by atoms with Crippen LogP contribution in [-0.2, 0) is 4.28 Å². The molecule has 1 aromatic rings. The SMILES string of the molecule is CCPc1c(C([Si](C)(C)C)[Si](C)(C)C)cc(C([Si](C)(C)C)([Si](C)(C)C)[Si](C)(C)C)cc1C([Si](C)(C)C)[Si](C)(C)C. The van der Waals surface area contributed by atoms with E-state index in [1.165, 1.54) is 6.16 Å². The standard InChI is InChI=1S/C32H73PSi7/c1-23-33-29-27(30(34(2,3)4)35(5,6)7)24-26(25-28(29)31(36(8,9)10)37(11,12)13)32(38(14,15)16,39(17,18)19)40(20,21)22/h24-25,30-31,33H,23H2,1-22H3. The summed E-state index contributed by atoms with van der Waals surface area (Å²) >= 11 is 0. The first-order valence-electron chi connectivity index (χ1n) is 16.2. The van der Waals surface area contributed by atoms with E-state index in [0.717, 1.165) is 18.9 Å². The molecule has 0 nitrogen and oxygen atoms in total. The molecular formula is C32H73PSi7. The Morgan fingerprint density at radius 2 is 0.750 bits per heavy atom. The molecule has 0 saturated heterocycles. The average molecular weight is 686 g/mol. The van der Waals surface area contributed by atoms with Crippen LogP contribution in [0.15, 0.2) is 12.1 Å². The number of hydrogen-bond donors (Lipinski definition) is 0. The topological polar surface area (TPSA) is 0 Å². The van der Waals surface area contributed by atoms with Crippen molar-refractivity contribution in [1.29, 1.82) is 0 Å². The Labute approximate surface area is 263 Å². The van der Waals surface area contributed by atoms with Gasteiger partial charge in [0.2, 0.25) is 0 Å². The molecule has 0 bridgehead atoms. The van der Waals surface area contributed by atoms with E-state index in [4.69, 9.17) is 0 Å². The third kappa shape index (κ3) is 7.87. The second-order valence-electron chi connectivity index (χ2n) is 20.4. The highest BCUT2D eigenvalue weighted by molar-refractivity contribution is 7.47. The first-order chi connectivity index (χ1) is 17.3. The van der Waals surface area contributed by atoms with Crippen LogP contribution >= 0.6 is 8.58 Å². The molecule has 0 amide bonds. The monoisotopic (exact) mass is 684 g/mol. The van der Waals surface area contributed by atoms with Gasteiger partial charge in [-0.3, -0.25) is 0 Å². The molecule has 234 valence electrons. The van der Waals surface area contributed by atoms with Gasteiger partial charge >= 0.3 is 0 Å². The van der Waals surface area contributed by atoms with Crippen molar-refractivity contribution < 1.29 is 0 Å². The van der Waals surface area contributed by atoms with Crippen molar-refractivity contribution in [3.05, 3.63) is 28.8 Å². The molecule has 1 unspecified atom stereocenters. The highest BCUT2D eigenvalue weighted by Crippen LogP contribution is 2.52. The van der Waals surface area contributed by atoms with Crippen molar-refractivity contribution in [2.24, 2.45) is 0 Å². The minimum atomic E-state index is -1.61. The zero-order valence-corrected chi connectivity index (χ0v) is 39.5. The van der Waals surface area contributed by atoms with Gasteiger partial charge in [0, 0.05) is 56.5 Å². The highest BCUT2D eigenvalue weighted by atomic mass is 31.1. The van der Waals surface area contributed by atoms with E-state index in [2.05, 4.69) is 157 Å². The summed E-state index contributed by atoms with van der Waals surface area (Å²) in [5.41, 5.74) is 5.57. The Bertz CT molecular complexity index is 898. The maximum absolute atomic E-state index is 2.95. The van der Waals surface area contributed by atoms with Crippen molar-refractivity contribution in [1.82, 2.24) is 0 Å². The van der Waals surface area contributed by atoms with E-state index >= 15 is 0 Å². The second-order valence-corrected chi connectivity index (χ2v) is 61.6. The van der Waals surface area contributed by atoms with Gasteiger partial charge in [-0.15, -0.1) is 0 Å². The Morgan fingerprint density at radius 3 is 0.925 bits per heavy atom. The third-order valence-electron chi connectivity index (χ3n) is 9.45. The van der Waals surface area contributed by atoms with Crippen LogP contribution in [-0.4, -0.2) is 62.7 Å². The predicted molar refractivity (Wildman–Crippen MR) is 216 cm³/mol. The fourth-order valence-electron chi connectivity index (χ4n) is 10.9. The van der Waals surface area contributed by atoms with E-state index in [9.17, 15) is 0 Å². The van der Waals surface area contributed by atoms with Crippen molar-refractivity contribution >= 4 is 70.4 Å². The smallest absolute Gasteiger partial charge is 0.0499 e. The lowest BCUT2D eigenvalue weighted by molar-refractivity contribution is 0.996. The molecule has 1 aromatic carbocycles. The van der Waals surface area contributed by atoms with E-state index in [1.54, 1.807) is 0 Å². The third-order valence-corrected chi connectivity index (χ3v) is 50.4. The van der Waals surface area contributed by atoms with Gasteiger partial charge in [0.25, 0.3) is 0 Å². The lowest BCUT2D eigenvalue weighted by Crippen LogP contribution is -2.74. The van der Waals surface area contributed by atoms with Crippen LogP contribution in [0.2, 0.25) is 137 Å². The molecule has 0 spiro atoms. The van der Waals surface area contributed by atoms with Crippen LogP contribution in [0, 0.1) is 0 Å². The van der Waals surface area contributed by atoms with Crippen molar-refractivity contribution in [3.8, 4) is 0 Å². The lowest BCUT2D eigenvalue weighted by Gasteiger charge is -2.60. The first kappa shape index (κ1) is 39.2. The zero-order chi connectivity index (χ0) is 32.3. The minimum absolute atomic E-state index is 0.428. The lowest BCUT2D eigenvalue weighted by atomic mass is 10.1. The van der Waals surface area contributed by atoms with E-state index in [0.29, 0.717) is 4.28 Å². The largest absolute Gasteiger partial charge is 0.0901 e. The number of hydrogen-bond acceptors (Lipinski definition) is 0. The maximum atomic E-state index is 2.95. The number of rotatable bonds is 12. The van der Waals surface area contributed by atoms with Crippen LogP contribution in [0.25, 0.3) is 0 Å². The molecule has 0 aliphatic carbocycles. The summed E-state index contributed by atoms with van der Waals surface area (Å²) in [7, 11) is -9.77. The van der Waals surface area contributed by atoms with Crippen LogP contribution in [0.1, 0.15) is 33.9 Å². The normalized spacial score (nSPS) is 15.7. The molecule has 1 atom stereocenters. The molecule has 0 radical (unpaired) electrons. The van der Waals surface area contributed by atoms with Gasteiger partial charge in [0.1, 0.15) is 0 Å². The summed E-state index contributed by atoms with van der Waals surface area (Å²) < 4.78 is 0.428. The van der Waals surface area contributed by atoms with Crippen LogP contribution in [0.5, 0.6) is 0 Å². The molecule has 0 aromatic heterocycles. The van der Waals surface area contributed by atoms with Gasteiger partial charge in [0.15, 0.2) is 0 Å². The Morgan fingerprint density at radius 1 is 0.500 bits per heavy atom. The first-order valence-corrected chi connectivity index (χ1v) is 42.2. The summed E-state index contributed by atoms with van der Waals surface area (Å²) in [5.74, 6) is 0. The molecule has 8 heteroatoms. The van der Waals surface area contributed by atoms with Gasteiger partial charge in [-0.1, -0.05) is 165 Å². The van der Waals surface area contributed by atoms with Gasteiger partial charge in [-0.2, -0.15) is 0 Å². The van der Waals surface area contributed by atoms with Crippen LogP contribution in [0.3, 0.4) is 0 Å². The summed E-state index contributed by atoms with van der Waals surface area (Å²) in [4.78, 5) is 0. The predicted octanol–water partition coefficient (Wildman–Crippen LogP) is 11.6. The van der Waals surface area contributed by atoms with Gasteiger partial charge < -0.3 is 0 Å². The molecular weight excluding hydrogens is 612 g/mol. The van der Waals surface area contributed by atoms with Gasteiger partial charge in [-0.25, -0.2) is 0 Å². The van der Waals surface area contributed by atoms with Gasteiger partial charge in [0.05, 0.1) is 0 Å². The molecule has 0 heterocycles. The van der Waals surface area contributed by atoms with Gasteiger partial charge in [-0.05, 0) is 42.8 Å². The quantitative estimate of drug-likeness (QED) is 0.152. The maximum Gasteiger partial charge on any atom is 0.0499 e. The Kier molecular flexibility index (Phi) is 11.9. The van der Waals surface area contributed by atoms with Crippen LogP contribution < -0.4 is 5.30 Å². The molecule has 0 aliphatic rings. The Hall–Kier alpha value is 1.17. The molecule has 40 heavy (non-hydrogen) atoms. The van der Waals surface area contributed by atoms with E-state index < -0.39 is 56.5 Å². The van der Waals surface area contributed by atoms with Crippen molar-refractivity contribution in [2.75, 3.05) is 6.16 Å². The molecule has 1 rings (SSSR count). The van der Waals surface area contributed by atoms with Crippen LogP contribution in [0.4, 0.5) is 0 Å². The summed E-state index contributed by atoms with van der Waals surface area (Å²) in [6.45, 7) is 59.5. The molecule has 0 N–H and O–H groups in total. The van der Waals surface area contributed by atoms with Crippen molar-refractivity contribution in [2.45, 2.75) is 159 Å². The fourth-order valence-corrected chi connectivity index (χ4v) is 68.1. The minimum Gasteiger partial charge on any atom is -0.0901 e. The Balaban J connectivity index is 4.84.